The monoisotopic (exact) mass is 359 g/mol. The van der Waals surface area contributed by atoms with Crippen LogP contribution in [0.25, 0.3) is 11.5 Å². The lowest BCUT2D eigenvalue weighted by Gasteiger charge is -2.16. The van der Waals surface area contributed by atoms with Gasteiger partial charge in [-0.3, -0.25) is 4.68 Å². The molecule has 97 valence electrons. The molecule has 0 aromatic carbocycles. The molecule has 0 saturated heterocycles. The number of nitrogens with zero attached hydrogens (tertiary/aromatic N) is 6. The Morgan fingerprint density at radius 1 is 1.44 bits per heavy atom. The van der Waals surface area contributed by atoms with Gasteiger partial charge in [0.2, 0.25) is 5.82 Å². The summed E-state index contributed by atoms with van der Waals surface area (Å²) in [5.41, 5.74) is 0.897. The van der Waals surface area contributed by atoms with E-state index in [1.54, 1.807) is 15.7 Å². The van der Waals surface area contributed by atoms with Gasteiger partial charge in [0.05, 0.1) is 15.8 Å². The molecule has 2 heterocycles. The maximum atomic E-state index is 4.46. The highest BCUT2D eigenvalue weighted by molar-refractivity contribution is 14.1. The van der Waals surface area contributed by atoms with Gasteiger partial charge in [0.25, 0.3) is 0 Å². The molecule has 18 heavy (non-hydrogen) atoms. The number of hydrogen-bond donors (Lipinski definition) is 0. The van der Waals surface area contributed by atoms with Gasteiger partial charge in [0, 0.05) is 7.05 Å². The molecular formula is C11H16IN6. The van der Waals surface area contributed by atoms with Gasteiger partial charge in [0.15, 0.2) is 0 Å². The van der Waals surface area contributed by atoms with Crippen LogP contribution < -0.4 is 0 Å². The first-order chi connectivity index (χ1) is 8.54. The van der Waals surface area contributed by atoms with Crippen LogP contribution in [0, 0.1) is 16.4 Å². The van der Waals surface area contributed by atoms with E-state index in [2.05, 4.69) is 63.9 Å². The zero-order valence-electron chi connectivity index (χ0n) is 10.7. The summed E-state index contributed by atoms with van der Waals surface area (Å²) < 4.78 is 2.78. The number of halogens is 1. The third kappa shape index (κ3) is 2.40. The highest BCUT2D eigenvalue weighted by atomic mass is 127. The van der Waals surface area contributed by atoms with E-state index in [-0.39, 0.29) is 6.04 Å². The first-order valence-corrected chi connectivity index (χ1v) is 6.89. The van der Waals surface area contributed by atoms with Crippen molar-refractivity contribution in [3.63, 3.8) is 0 Å². The van der Waals surface area contributed by atoms with Crippen molar-refractivity contribution < 1.29 is 0 Å². The van der Waals surface area contributed by atoms with Crippen LogP contribution in [0.4, 0.5) is 0 Å². The van der Waals surface area contributed by atoms with Gasteiger partial charge in [-0.15, -0.1) is 10.2 Å². The highest BCUT2D eigenvalue weighted by Gasteiger charge is 2.19. The third-order valence-corrected chi connectivity index (χ3v) is 3.69. The SMILES string of the molecule is [CH2]CC(C(C)C)n1nnc(-c2c(I)cnn2C)n1. The fourth-order valence-electron chi connectivity index (χ4n) is 1.84. The van der Waals surface area contributed by atoms with E-state index in [1.165, 1.54) is 0 Å². The number of tetrazole rings is 1. The molecule has 6 nitrogen and oxygen atoms in total. The standard InChI is InChI=1S/C11H16IN6/c1-5-9(7(2)3)18-15-11(14-16-18)10-8(12)6-13-17(10)4/h6-7,9H,1,5H2,2-4H3. The van der Waals surface area contributed by atoms with Gasteiger partial charge in [-0.05, 0) is 40.1 Å². The smallest absolute Gasteiger partial charge is 0.223 e. The summed E-state index contributed by atoms with van der Waals surface area (Å²) in [6.45, 7) is 8.21. The van der Waals surface area contributed by atoms with E-state index < -0.39 is 0 Å². The Bertz CT molecular complexity index is 510. The number of aryl methyl sites for hydroxylation is 1. The van der Waals surface area contributed by atoms with Crippen LogP contribution in [0.2, 0.25) is 0 Å². The van der Waals surface area contributed by atoms with E-state index in [0.29, 0.717) is 11.7 Å². The molecular weight excluding hydrogens is 343 g/mol. The van der Waals surface area contributed by atoms with Crippen LogP contribution in [-0.4, -0.2) is 30.0 Å². The fraction of sp³-hybridized carbons (Fsp3) is 0.545. The predicted molar refractivity (Wildman–Crippen MR) is 76.6 cm³/mol. The third-order valence-electron chi connectivity index (χ3n) is 2.90. The summed E-state index contributed by atoms with van der Waals surface area (Å²) in [7, 11) is 1.87. The van der Waals surface area contributed by atoms with Crippen molar-refractivity contribution in [2.24, 2.45) is 13.0 Å². The summed E-state index contributed by atoms with van der Waals surface area (Å²) in [5.74, 6) is 1.04. The zero-order chi connectivity index (χ0) is 13.3. The van der Waals surface area contributed by atoms with Crippen LogP contribution in [-0.2, 0) is 7.05 Å². The van der Waals surface area contributed by atoms with Crippen molar-refractivity contribution in [3.8, 4) is 11.5 Å². The molecule has 0 amide bonds. The Morgan fingerprint density at radius 2 is 2.17 bits per heavy atom. The molecule has 0 aliphatic carbocycles. The van der Waals surface area contributed by atoms with Crippen molar-refractivity contribution in [1.29, 1.82) is 0 Å². The Kier molecular flexibility index (Phi) is 3.98. The summed E-state index contributed by atoms with van der Waals surface area (Å²) in [6.07, 6.45) is 2.54. The summed E-state index contributed by atoms with van der Waals surface area (Å²) in [4.78, 5) is 1.66. The van der Waals surface area contributed by atoms with Crippen LogP contribution >= 0.6 is 22.6 Å². The van der Waals surface area contributed by atoms with Gasteiger partial charge < -0.3 is 0 Å². The van der Waals surface area contributed by atoms with Gasteiger partial charge in [-0.1, -0.05) is 20.8 Å². The molecule has 7 heteroatoms. The van der Waals surface area contributed by atoms with Crippen LogP contribution in [0.5, 0.6) is 0 Å². The average molecular weight is 359 g/mol. The Balaban J connectivity index is 2.36. The van der Waals surface area contributed by atoms with E-state index >= 15 is 0 Å². The van der Waals surface area contributed by atoms with Crippen molar-refractivity contribution in [2.45, 2.75) is 26.3 Å². The van der Waals surface area contributed by atoms with Crippen LogP contribution in [0.3, 0.4) is 0 Å². The molecule has 0 aliphatic rings. The van der Waals surface area contributed by atoms with Crippen LogP contribution in [0.15, 0.2) is 6.20 Å². The van der Waals surface area contributed by atoms with E-state index in [0.717, 1.165) is 15.7 Å². The minimum atomic E-state index is 0.178. The molecule has 0 bridgehead atoms. The van der Waals surface area contributed by atoms with Gasteiger partial charge in [-0.2, -0.15) is 9.90 Å². The van der Waals surface area contributed by atoms with Gasteiger partial charge in [0.1, 0.15) is 5.69 Å². The largest absolute Gasteiger partial charge is 0.263 e. The summed E-state index contributed by atoms with van der Waals surface area (Å²) in [5, 5.41) is 16.9. The van der Waals surface area contributed by atoms with Crippen LogP contribution in [0.1, 0.15) is 26.3 Å². The topological polar surface area (TPSA) is 61.4 Å². The maximum absolute atomic E-state index is 4.46. The molecule has 1 unspecified atom stereocenters. The Labute approximate surface area is 120 Å². The van der Waals surface area contributed by atoms with E-state index in [1.807, 2.05) is 7.05 Å². The fourth-order valence-corrected chi connectivity index (χ4v) is 2.55. The predicted octanol–water partition coefficient (Wildman–Crippen LogP) is 2.10. The van der Waals surface area contributed by atoms with Gasteiger partial charge >= 0.3 is 0 Å². The second-order valence-corrected chi connectivity index (χ2v) is 5.66. The normalized spacial score (nSPS) is 13.2. The first-order valence-electron chi connectivity index (χ1n) is 5.81. The van der Waals surface area contributed by atoms with Gasteiger partial charge in [-0.25, -0.2) is 0 Å². The maximum Gasteiger partial charge on any atom is 0.223 e. The van der Waals surface area contributed by atoms with Crippen molar-refractivity contribution in [2.75, 3.05) is 0 Å². The van der Waals surface area contributed by atoms with Crippen molar-refractivity contribution in [3.05, 3.63) is 16.7 Å². The average Bonchev–Trinajstić information content (AvgIpc) is 2.87. The lowest BCUT2D eigenvalue weighted by atomic mass is 10.0. The number of aromatic nitrogens is 6. The minimum Gasteiger partial charge on any atom is -0.263 e. The molecule has 0 N–H and O–H groups in total. The summed E-state index contributed by atoms with van der Waals surface area (Å²) in [6, 6.07) is 0.178. The molecule has 1 radical (unpaired) electrons. The lowest BCUT2D eigenvalue weighted by Crippen LogP contribution is -2.17. The second-order valence-electron chi connectivity index (χ2n) is 4.50. The second kappa shape index (κ2) is 5.33. The minimum absolute atomic E-state index is 0.178. The molecule has 0 saturated carbocycles. The quantitative estimate of drug-likeness (QED) is 0.785. The molecule has 0 aliphatic heterocycles. The molecule has 2 rings (SSSR count). The number of rotatable bonds is 4. The van der Waals surface area contributed by atoms with Crippen molar-refractivity contribution >= 4 is 22.6 Å². The number of hydrogen-bond acceptors (Lipinski definition) is 4. The highest BCUT2D eigenvalue weighted by Crippen LogP contribution is 2.23. The van der Waals surface area contributed by atoms with Crippen molar-refractivity contribution in [1.82, 2.24) is 30.0 Å². The Hall–Kier alpha value is -0.990. The molecule has 1 atom stereocenters. The molecule has 2 aromatic heterocycles. The summed E-state index contributed by atoms with van der Waals surface area (Å²) >= 11 is 2.22. The zero-order valence-corrected chi connectivity index (χ0v) is 12.9. The molecule has 0 fully saturated rings. The first kappa shape index (κ1) is 13.4. The molecule has 0 spiro atoms. The molecule has 2 aromatic rings. The van der Waals surface area contributed by atoms with E-state index in [9.17, 15) is 0 Å². The van der Waals surface area contributed by atoms with E-state index in [4.69, 9.17) is 0 Å². The lowest BCUT2D eigenvalue weighted by molar-refractivity contribution is 0.309. The Morgan fingerprint density at radius 3 is 2.67 bits per heavy atom.